The van der Waals surface area contributed by atoms with Gasteiger partial charge in [0.25, 0.3) is 5.56 Å². The van der Waals surface area contributed by atoms with Gasteiger partial charge in [-0.25, -0.2) is 10.1 Å². The maximum Gasteiger partial charge on any atom is 0.275 e. The van der Waals surface area contributed by atoms with Crippen molar-refractivity contribution in [3.63, 3.8) is 0 Å². The second-order valence-electron chi connectivity index (χ2n) is 3.40. The number of hydrogen-bond acceptors (Lipinski definition) is 3. The molecule has 1 aromatic carbocycles. The predicted octanol–water partition coefficient (Wildman–Crippen LogP) is 1.31. The second kappa shape index (κ2) is 3.30. The highest BCUT2D eigenvalue weighted by atomic mass is 16.1. The van der Waals surface area contributed by atoms with E-state index in [-0.39, 0.29) is 5.56 Å². The zero-order valence-electron chi connectivity index (χ0n) is 8.27. The molecule has 5 nitrogen and oxygen atoms in total. The normalized spacial score (nSPS) is 10.8. The molecule has 0 saturated heterocycles. The summed E-state index contributed by atoms with van der Waals surface area (Å²) in [5.74, 6) is 0.560. The molecule has 0 saturated carbocycles. The van der Waals surface area contributed by atoms with Crippen molar-refractivity contribution in [2.45, 2.75) is 0 Å². The van der Waals surface area contributed by atoms with Crippen LogP contribution in [0, 0.1) is 0 Å². The largest absolute Gasteiger partial charge is 0.338 e. The highest BCUT2D eigenvalue weighted by molar-refractivity contribution is 5.78. The van der Waals surface area contributed by atoms with Crippen LogP contribution in [0.5, 0.6) is 0 Å². The Bertz CT molecular complexity index is 665. The van der Waals surface area contributed by atoms with Crippen molar-refractivity contribution < 1.29 is 0 Å². The van der Waals surface area contributed by atoms with Gasteiger partial charge in [0, 0.05) is 6.20 Å². The number of aromatic nitrogens is 4. The van der Waals surface area contributed by atoms with Crippen LogP contribution in [0.4, 0.5) is 0 Å². The summed E-state index contributed by atoms with van der Waals surface area (Å²) in [7, 11) is 0. The smallest absolute Gasteiger partial charge is 0.275 e. The third-order valence-corrected chi connectivity index (χ3v) is 2.37. The number of aromatic amines is 2. The number of rotatable bonds is 1. The van der Waals surface area contributed by atoms with Crippen molar-refractivity contribution in [3.05, 3.63) is 46.9 Å². The fourth-order valence-electron chi connectivity index (χ4n) is 1.61. The lowest BCUT2D eigenvalue weighted by molar-refractivity contribution is 0.987. The number of para-hydroxylation sites is 2. The second-order valence-corrected chi connectivity index (χ2v) is 3.40. The highest BCUT2D eigenvalue weighted by Crippen LogP contribution is 2.16. The molecular weight excluding hydrogens is 204 g/mol. The molecule has 2 heterocycles. The van der Waals surface area contributed by atoms with Crippen molar-refractivity contribution in [2.24, 2.45) is 0 Å². The minimum atomic E-state index is -0.249. The summed E-state index contributed by atoms with van der Waals surface area (Å²) >= 11 is 0. The first-order chi connectivity index (χ1) is 7.84. The first-order valence-electron chi connectivity index (χ1n) is 4.83. The zero-order valence-corrected chi connectivity index (χ0v) is 8.27. The molecule has 0 spiro atoms. The Hall–Kier alpha value is -2.43. The number of nitrogens with one attached hydrogen (secondary N) is 2. The van der Waals surface area contributed by atoms with Crippen molar-refractivity contribution in [2.75, 3.05) is 0 Å². The molecule has 3 rings (SSSR count). The van der Waals surface area contributed by atoms with Crippen LogP contribution in [0.3, 0.4) is 0 Å². The summed E-state index contributed by atoms with van der Waals surface area (Å²) in [6, 6.07) is 9.27. The van der Waals surface area contributed by atoms with Crippen LogP contribution in [0.2, 0.25) is 0 Å². The molecule has 2 aromatic heterocycles. The predicted molar refractivity (Wildman–Crippen MR) is 59.9 cm³/mol. The van der Waals surface area contributed by atoms with E-state index in [9.17, 15) is 4.79 Å². The molecule has 0 aliphatic heterocycles. The van der Waals surface area contributed by atoms with Gasteiger partial charge < -0.3 is 4.98 Å². The monoisotopic (exact) mass is 212 g/mol. The van der Waals surface area contributed by atoms with Crippen LogP contribution < -0.4 is 5.56 Å². The Kier molecular flexibility index (Phi) is 1.83. The minimum absolute atomic E-state index is 0.249. The Labute approximate surface area is 90.2 Å². The van der Waals surface area contributed by atoms with E-state index in [4.69, 9.17) is 0 Å². The average molecular weight is 212 g/mol. The van der Waals surface area contributed by atoms with Gasteiger partial charge in [-0.3, -0.25) is 4.79 Å². The lowest BCUT2D eigenvalue weighted by Crippen LogP contribution is -2.10. The molecule has 0 atom stereocenters. The molecule has 0 bridgehead atoms. The summed E-state index contributed by atoms with van der Waals surface area (Å²) in [5, 5.41) is 6.02. The van der Waals surface area contributed by atoms with E-state index in [1.165, 1.54) is 6.20 Å². The number of benzene rings is 1. The topological polar surface area (TPSA) is 74.4 Å². The molecule has 0 aliphatic rings. The molecular formula is C11H8N4O. The summed E-state index contributed by atoms with van der Waals surface area (Å²) in [4.78, 5) is 19.0. The average Bonchev–Trinajstić information content (AvgIpc) is 2.73. The SMILES string of the molecule is O=c1[nH]nccc1-c1nc2ccccc2[nH]1. The van der Waals surface area contributed by atoms with Crippen LogP contribution in [-0.2, 0) is 0 Å². The van der Waals surface area contributed by atoms with Crippen LogP contribution in [0.25, 0.3) is 22.4 Å². The zero-order chi connectivity index (χ0) is 11.0. The van der Waals surface area contributed by atoms with Crippen LogP contribution in [0.15, 0.2) is 41.3 Å². The van der Waals surface area contributed by atoms with Gasteiger partial charge in [-0.15, -0.1) is 0 Å². The summed E-state index contributed by atoms with van der Waals surface area (Å²) in [6.07, 6.45) is 1.53. The molecule has 2 N–H and O–H groups in total. The Balaban J connectivity index is 2.27. The molecule has 0 unspecified atom stereocenters. The maximum absolute atomic E-state index is 11.5. The lowest BCUT2D eigenvalue weighted by atomic mass is 10.3. The van der Waals surface area contributed by atoms with Gasteiger partial charge in [0.05, 0.1) is 16.6 Å². The standard InChI is InChI=1S/C11H8N4O/c16-11-7(5-6-12-15-11)10-13-8-3-1-2-4-9(8)14-10/h1-6H,(H,13,14)(H,15,16). The molecule has 0 radical (unpaired) electrons. The van der Waals surface area contributed by atoms with Crippen molar-refractivity contribution in [1.82, 2.24) is 20.2 Å². The van der Waals surface area contributed by atoms with Gasteiger partial charge in [0.2, 0.25) is 0 Å². The molecule has 0 fully saturated rings. The first kappa shape index (κ1) is 8.84. The van der Waals surface area contributed by atoms with E-state index in [1.54, 1.807) is 6.07 Å². The van der Waals surface area contributed by atoms with E-state index >= 15 is 0 Å². The maximum atomic E-state index is 11.5. The van der Waals surface area contributed by atoms with E-state index in [0.717, 1.165) is 11.0 Å². The third-order valence-electron chi connectivity index (χ3n) is 2.37. The van der Waals surface area contributed by atoms with Gasteiger partial charge in [0.1, 0.15) is 5.82 Å². The highest BCUT2D eigenvalue weighted by Gasteiger charge is 2.07. The number of H-pyrrole nitrogens is 2. The Morgan fingerprint density at radius 1 is 1.12 bits per heavy atom. The number of nitrogens with zero attached hydrogens (tertiary/aromatic N) is 2. The fourth-order valence-corrected chi connectivity index (χ4v) is 1.61. The summed E-state index contributed by atoms with van der Waals surface area (Å²) < 4.78 is 0. The quantitative estimate of drug-likeness (QED) is 0.638. The van der Waals surface area contributed by atoms with Gasteiger partial charge in [-0.2, -0.15) is 5.10 Å². The molecule has 78 valence electrons. The van der Waals surface area contributed by atoms with Gasteiger partial charge >= 0.3 is 0 Å². The summed E-state index contributed by atoms with van der Waals surface area (Å²) in [5.41, 5.74) is 2.00. The molecule has 3 aromatic rings. The van der Waals surface area contributed by atoms with E-state index in [1.807, 2.05) is 24.3 Å². The van der Waals surface area contributed by atoms with Crippen molar-refractivity contribution in [3.8, 4) is 11.4 Å². The van der Waals surface area contributed by atoms with Crippen LogP contribution in [0.1, 0.15) is 0 Å². The molecule has 0 amide bonds. The lowest BCUT2D eigenvalue weighted by Gasteiger charge is -1.92. The fraction of sp³-hybridized carbons (Fsp3) is 0. The molecule has 5 heteroatoms. The summed E-state index contributed by atoms with van der Waals surface area (Å²) in [6.45, 7) is 0. The van der Waals surface area contributed by atoms with Crippen molar-refractivity contribution >= 4 is 11.0 Å². The Morgan fingerprint density at radius 3 is 2.81 bits per heavy atom. The number of hydrogen-bond donors (Lipinski definition) is 2. The number of imidazole rings is 1. The van der Waals surface area contributed by atoms with Gasteiger partial charge in [-0.1, -0.05) is 12.1 Å². The van der Waals surface area contributed by atoms with Gasteiger partial charge in [0.15, 0.2) is 0 Å². The molecule has 16 heavy (non-hydrogen) atoms. The van der Waals surface area contributed by atoms with Crippen LogP contribution >= 0.6 is 0 Å². The van der Waals surface area contributed by atoms with Gasteiger partial charge in [-0.05, 0) is 18.2 Å². The third kappa shape index (κ3) is 1.30. The van der Waals surface area contributed by atoms with E-state index < -0.39 is 0 Å². The minimum Gasteiger partial charge on any atom is -0.338 e. The molecule has 0 aliphatic carbocycles. The Morgan fingerprint density at radius 2 is 2.00 bits per heavy atom. The first-order valence-corrected chi connectivity index (χ1v) is 4.83. The van der Waals surface area contributed by atoms with Crippen molar-refractivity contribution in [1.29, 1.82) is 0 Å². The van der Waals surface area contributed by atoms with E-state index in [2.05, 4.69) is 20.2 Å². The number of fused-ring (bicyclic) bond motifs is 1. The van der Waals surface area contributed by atoms with Crippen LogP contribution in [-0.4, -0.2) is 20.2 Å². The van der Waals surface area contributed by atoms with E-state index in [0.29, 0.717) is 11.4 Å².